The molecule has 0 aromatic heterocycles. The first-order chi connectivity index (χ1) is 19.8. The Balaban J connectivity index is 1.92. The lowest BCUT2D eigenvalue weighted by Crippen LogP contribution is -2.69. The van der Waals surface area contributed by atoms with Crippen molar-refractivity contribution in [1.82, 2.24) is 10.2 Å². The summed E-state index contributed by atoms with van der Waals surface area (Å²) in [6, 6.07) is -0.516. The van der Waals surface area contributed by atoms with Gasteiger partial charge in [0.15, 0.2) is 5.79 Å². The maximum atomic E-state index is 13.6. The number of carboxylic acids is 1. The fourth-order valence-electron chi connectivity index (χ4n) is 7.97. The van der Waals surface area contributed by atoms with Crippen molar-refractivity contribution in [2.75, 3.05) is 13.2 Å². The summed E-state index contributed by atoms with van der Waals surface area (Å²) in [5, 5.41) is 13.7. The number of primary amides is 1. The van der Waals surface area contributed by atoms with E-state index in [4.69, 9.17) is 15.2 Å². The van der Waals surface area contributed by atoms with E-state index in [-0.39, 0.29) is 12.5 Å². The molecular weight excluding hydrogens is 534 g/mol. The first-order valence-electron chi connectivity index (χ1n) is 16.7. The van der Waals surface area contributed by atoms with Gasteiger partial charge in [0, 0.05) is 17.5 Å². The number of hydrogen-bond donors (Lipinski definition) is 3. The molecule has 2 aliphatic carbocycles. The molecule has 0 spiro atoms. The zero-order chi connectivity index (χ0) is 31.0. The Morgan fingerprint density at radius 2 is 1.48 bits per heavy atom. The van der Waals surface area contributed by atoms with Gasteiger partial charge in [-0.25, -0.2) is 4.79 Å². The number of urea groups is 1. The Bertz CT molecular complexity index is 905. The van der Waals surface area contributed by atoms with E-state index in [1.807, 2.05) is 18.7 Å². The minimum absolute atomic E-state index is 0.0811. The van der Waals surface area contributed by atoms with Crippen molar-refractivity contribution in [2.45, 2.75) is 167 Å². The molecule has 2 saturated carbocycles. The van der Waals surface area contributed by atoms with Crippen molar-refractivity contribution in [3.8, 4) is 0 Å². The first kappa shape index (κ1) is 34.6. The van der Waals surface area contributed by atoms with Gasteiger partial charge in [-0.3, -0.25) is 9.59 Å². The Morgan fingerprint density at radius 3 is 2.05 bits per heavy atom. The van der Waals surface area contributed by atoms with Gasteiger partial charge in [0.1, 0.15) is 6.10 Å². The van der Waals surface area contributed by atoms with Crippen LogP contribution >= 0.6 is 0 Å². The summed E-state index contributed by atoms with van der Waals surface area (Å²) in [6.07, 6.45) is 15.5. The summed E-state index contributed by atoms with van der Waals surface area (Å²) in [5.41, 5.74) is 4.31. The number of unbranched alkanes of at least 4 members (excludes halogenated alkanes) is 5. The van der Waals surface area contributed by atoms with Crippen molar-refractivity contribution >= 4 is 17.9 Å². The van der Waals surface area contributed by atoms with E-state index in [9.17, 15) is 19.5 Å². The third kappa shape index (κ3) is 8.19. The third-order valence-electron chi connectivity index (χ3n) is 10.2. The normalized spacial score (nSPS) is 25.2. The molecule has 3 amide bonds. The maximum absolute atomic E-state index is 13.6. The highest BCUT2D eigenvalue weighted by Gasteiger charge is 2.56. The average Bonchev–Trinajstić information content (AvgIpc) is 3.25. The molecule has 3 fully saturated rings. The Hall–Kier alpha value is -1.87. The number of carboxylic acid groups (broad SMARTS) is 1. The molecule has 3 aliphatic rings. The average molecular weight is 594 g/mol. The highest BCUT2D eigenvalue weighted by atomic mass is 16.7. The largest absolute Gasteiger partial charge is 0.481 e. The van der Waals surface area contributed by atoms with E-state index in [0.29, 0.717) is 19.4 Å². The van der Waals surface area contributed by atoms with Crippen LogP contribution in [0.2, 0.25) is 0 Å². The molecule has 0 bridgehead atoms. The molecule has 9 heteroatoms. The third-order valence-corrected chi connectivity index (χ3v) is 10.2. The Kier molecular flexibility index (Phi) is 12.1. The van der Waals surface area contributed by atoms with Crippen LogP contribution in [0.4, 0.5) is 4.79 Å². The zero-order valence-corrected chi connectivity index (χ0v) is 27.1. The van der Waals surface area contributed by atoms with E-state index in [0.717, 1.165) is 70.6 Å². The maximum Gasteiger partial charge on any atom is 0.315 e. The lowest BCUT2D eigenvalue weighted by atomic mass is 9.72. The van der Waals surface area contributed by atoms with Crippen molar-refractivity contribution in [3.63, 3.8) is 0 Å². The summed E-state index contributed by atoms with van der Waals surface area (Å²) >= 11 is 0. The molecule has 9 nitrogen and oxygen atoms in total. The summed E-state index contributed by atoms with van der Waals surface area (Å²) in [6.45, 7) is 9.86. The fraction of sp³-hybridized carbons (Fsp3) is 0.909. The summed E-state index contributed by atoms with van der Waals surface area (Å²) < 4.78 is 11.8. The van der Waals surface area contributed by atoms with Gasteiger partial charge in [0.05, 0.1) is 18.1 Å². The lowest BCUT2D eigenvalue weighted by molar-refractivity contribution is -0.304. The van der Waals surface area contributed by atoms with Crippen molar-refractivity contribution < 1.29 is 29.0 Å². The summed E-state index contributed by atoms with van der Waals surface area (Å²) in [5.74, 6) is -3.24. The molecule has 1 heterocycles. The monoisotopic (exact) mass is 593 g/mol. The first-order valence-corrected chi connectivity index (χ1v) is 16.7. The molecule has 1 saturated heterocycles. The van der Waals surface area contributed by atoms with Gasteiger partial charge in [-0.2, -0.15) is 0 Å². The molecule has 0 radical (unpaired) electrons. The number of carbonyl (C=O) groups excluding carboxylic acids is 2. The minimum atomic E-state index is -0.997. The molecule has 4 N–H and O–H groups in total. The molecule has 242 valence electrons. The number of amides is 3. The number of nitrogens with zero attached hydrogens (tertiary/aromatic N) is 1. The highest BCUT2D eigenvalue weighted by Crippen LogP contribution is 2.49. The Labute approximate surface area is 254 Å². The second-order valence-corrected chi connectivity index (χ2v) is 14.5. The lowest BCUT2D eigenvalue weighted by Gasteiger charge is -2.55. The second kappa shape index (κ2) is 14.7. The van der Waals surface area contributed by atoms with E-state index >= 15 is 0 Å². The van der Waals surface area contributed by atoms with Crippen LogP contribution < -0.4 is 11.1 Å². The molecule has 0 aromatic carbocycles. The van der Waals surface area contributed by atoms with Crippen molar-refractivity contribution in [2.24, 2.45) is 17.1 Å². The summed E-state index contributed by atoms with van der Waals surface area (Å²) in [7, 11) is 0. The van der Waals surface area contributed by atoms with E-state index < -0.39 is 46.3 Å². The molecule has 1 aliphatic heterocycles. The second-order valence-electron chi connectivity index (χ2n) is 14.5. The van der Waals surface area contributed by atoms with Gasteiger partial charge < -0.3 is 30.5 Å². The van der Waals surface area contributed by atoms with Crippen LogP contribution in [0, 0.1) is 11.3 Å². The molecule has 42 heavy (non-hydrogen) atoms. The standard InChI is InChI=1S/C33H59N3O6/c1-6-7-8-9-10-13-18-32(19-16-17-20-32)36(29(34)40)33(21-14-11-12-15-22-33)25(28(38)39)23-35-27(37)26-30(2,3)24-41-31(4,5)42-26/h25-26H,6-24H2,1-5H3,(H2,34,40)(H,35,37)(H,38,39). The van der Waals surface area contributed by atoms with E-state index in [1.54, 1.807) is 13.8 Å². The number of nitrogens with two attached hydrogens (primary N) is 1. The minimum Gasteiger partial charge on any atom is -0.481 e. The predicted octanol–water partition coefficient (Wildman–Crippen LogP) is 6.52. The number of rotatable bonds is 14. The van der Waals surface area contributed by atoms with Crippen LogP contribution in [0.1, 0.15) is 144 Å². The van der Waals surface area contributed by atoms with Crippen LogP contribution in [0.15, 0.2) is 0 Å². The Morgan fingerprint density at radius 1 is 0.905 bits per heavy atom. The van der Waals surface area contributed by atoms with Crippen LogP contribution in [-0.2, 0) is 19.1 Å². The van der Waals surface area contributed by atoms with Crippen LogP contribution in [0.3, 0.4) is 0 Å². The van der Waals surface area contributed by atoms with Crippen LogP contribution in [0.5, 0.6) is 0 Å². The fourth-order valence-corrected chi connectivity index (χ4v) is 7.97. The van der Waals surface area contributed by atoms with Crippen molar-refractivity contribution in [1.29, 1.82) is 0 Å². The number of nitrogens with one attached hydrogen (secondary N) is 1. The van der Waals surface area contributed by atoms with Gasteiger partial charge in [-0.05, 0) is 46.0 Å². The molecule has 2 atom stereocenters. The quantitative estimate of drug-likeness (QED) is 0.155. The van der Waals surface area contributed by atoms with E-state index in [1.165, 1.54) is 25.7 Å². The van der Waals surface area contributed by atoms with Gasteiger partial charge in [-0.1, -0.05) is 97.8 Å². The molecule has 0 aromatic rings. The predicted molar refractivity (Wildman–Crippen MR) is 164 cm³/mol. The number of carbonyl (C=O) groups is 3. The SMILES string of the molecule is CCCCCCCCC1(N(C(N)=O)C2(C(CNC(=O)C3OC(C)(C)OCC3(C)C)C(=O)O)CCCCCC2)CCCC1. The number of aliphatic carboxylic acids is 1. The topological polar surface area (TPSA) is 131 Å². The smallest absolute Gasteiger partial charge is 0.315 e. The molecular formula is C33H59N3O6. The van der Waals surface area contributed by atoms with E-state index in [2.05, 4.69) is 12.2 Å². The number of hydrogen-bond acceptors (Lipinski definition) is 5. The van der Waals surface area contributed by atoms with Gasteiger partial charge in [0.25, 0.3) is 0 Å². The van der Waals surface area contributed by atoms with Crippen LogP contribution in [-0.4, -0.2) is 64.0 Å². The van der Waals surface area contributed by atoms with Gasteiger partial charge in [-0.15, -0.1) is 0 Å². The van der Waals surface area contributed by atoms with Gasteiger partial charge >= 0.3 is 12.0 Å². The highest BCUT2D eigenvalue weighted by molar-refractivity contribution is 5.83. The zero-order valence-electron chi connectivity index (χ0n) is 27.1. The summed E-state index contributed by atoms with van der Waals surface area (Å²) in [4.78, 5) is 42.2. The number of ether oxygens (including phenoxy) is 2. The molecule has 3 rings (SSSR count). The van der Waals surface area contributed by atoms with Gasteiger partial charge in [0.2, 0.25) is 5.91 Å². The van der Waals surface area contributed by atoms with Crippen molar-refractivity contribution in [3.05, 3.63) is 0 Å². The molecule has 2 unspecified atom stereocenters. The van der Waals surface area contributed by atoms with Crippen LogP contribution in [0.25, 0.3) is 0 Å².